The van der Waals surface area contributed by atoms with E-state index < -0.39 is 0 Å². The fourth-order valence-electron chi connectivity index (χ4n) is 3.07. The molecule has 0 amide bonds. The molecule has 0 rings (SSSR count). The van der Waals surface area contributed by atoms with Crippen molar-refractivity contribution < 1.29 is 19.1 Å². The van der Waals surface area contributed by atoms with Crippen molar-refractivity contribution >= 4 is 11.9 Å². The van der Waals surface area contributed by atoms with Gasteiger partial charge in [0.15, 0.2) is 0 Å². The number of esters is 2. The van der Waals surface area contributed by atoms with E-state index in [1.807, 2.05) is 0 Å². The quantitative estimate of drug-likeness (QED) is 0.113. The third kappa shape index (κ3) is 28.4. The Morgan fingerprint density at radius 2 is 1.06 bits per heavy atom. The minimum absolute atomic E-state index is 0.270. The molecule has 0 unspecified atom stereocenters. The molecular weight excluding hydrogens is 400 g/mol. The standard InChI is InChI=1S/C16H30O2.C12H22O2/c1-4-16(17)18-14-12-10-8-6-5-7-9-11-13-15(2)3;1-10(2)8-6-5-7-9-14-12(13)11(3)4/h4,15H,1,5-14H2,2-3H3;10H,3,5-9H2,1-2,4H3. The van der Waals surface area contributed by atoms with E-state index in [0.29, 0.717) is 18.8 Å². The summed E-state index contributed by atoms with van der Waals surface area (Å²) in [7, 11) is 0. The van der Waals surface area contributed by atoms with Crippen molar-refractivity contribution in [3.63, 3.8) is 0 Å². The molecule has 188 valence electrons. The van der Waals surface area contributed by atoms with Crippen molar-refractivity contribution in [3.05, 3.63) is 24.8 Å². The van der Waals surface area contributed by atoms with Crippen LogP contribution in [0, 0.1) is 11.8 Å². The Morgan fingerprint density at radius 1 is 0.688 bits per heavy atom. The monoisotopic (exact) mass is 452 g/mol. The summed E-state index contributed by atoms with van der Waals surface area (Å²) >= 11 is 0. The molecule has 4 nitrogen and oxygen atoms in total. The molecule has 0 heterocycles. The van der Waals surface area contributed by atoms with Gasteiger partial charge in [0, 0.05) is 11.6 Å². The lowest BCUT2D eigenvalue weighted by Gasteiger charge is -2.05. The molecule has 0 aliphatic rings. The zero-order chi connectivity index (χ0) is 24.6. The van der Waals surface area contributed by atoms with Crippen LogP contribution in [0.15, 0.2) is 24.8 Å². The molecule has 0 spiro atoms. The Hall–Kier alpha value is -1.58. The maximum Gasteiger partial charge on any atom is 0.333 e. The normalized spacial score (nSPS) is 10.5. The van der Waals surface area contributed by atoms with Crippen molar-refractivity contribution in [1.82, 2.24) is 0 Å². The van der Waals surface area contributed by atoms with Gasteiger partial charge in [0.25, 0.3) is 0 Å². The minimum atomic E-state index is -0.305. The molecular formula is C28H52O4. The number of hydrogen-bond donors (Lipinski definition) is 0. The van der Waals surface area contributed by atoms with E-state index in [1.165, 1.54) is 63.9 Å². The predicted octanol–water partition coefficient (Wildman–Crippen LogP) is 8.20. The Kier molecular flexibility index (Phi) is 24.5. The zero-order valence-electron chi connectivity index (χ0n) is 21.9. The van der Waals surface area contributed by atoms with E-state index in [2.05, 4.69) is 40.9 Å². The SMILES string of the molecule is C=C(C)C(=O)OCCCCCC(C)C.C=CC(=O)OCCCCCCCCCCC(C)C. The molecule has 0 atom stereocenters. The first kappa shape index (κ1) is 32.6. The van der Waals surface area contributed by atoms with Crippen LogP contribution in [-0.2, 0) is 19.1 Å². The van der Waals surface area contributed by atoms with E-state index in [1.54, 1.807) is 6.92 Å². The second-order valence-electron chi connectivity index (χ2n) is 9.54. The third-order valence-corrected chi connectivity index (χ3v) is 5.09. The maximum atomic E-state index is 11.0. The van der Waals surface area contributed by atoms with Crippen LogP contribution in [0.1, 0.15) is 118 Å². The summed E-state index contributed by atoms with van der Waals surface area (Å²) in [6.45, 7) is 18.6. The molecule has 4 heteroatoms. The van der Waals surface area contributed by atoms with Gasteiger partial charge in [0.05, 0.1) is 13.2 Å². The van der Waals surface area contributed by atoms with E-state index in [4.69, 9.17) is 9.47 Å². The van der Waals surface area contributed by atoms with Crippen molar-refractivity contribution in [1.29, 1.82) is 0 Å². The van der Waals surface area contributed by atoms with Gasteiger partial charge in [-0.05, 0) is 31.6 Å². The Bertz CT molecular complexity index is 480. The molecule has 0 aliphatic heterocycles. The first-order valence-electron chi connectivity index (χ1n) is 12.8. The minimum Gasteiger partial charge on any atom is -0.463 e. The largest absolute Gasteiger partial charge is 0.463 e. The first-order chi connectivity index (χ1) is 15.2. The van der Waals surface area contributed by atoms with E-state index in [-0.39, 0.29) is 11.9 Å². The molecule has 0 aromatic carbocycles. The fraction of sp³-hybridized carbons (Fsp3) is 0.786. The molecule has 0 aromatic heterocycles. The van der Waals surface area contributed by atoms with Gasteiger partial charge in [0.2, 0.25) is 0 Å². The topological polar surface area (TPSA) is 52.6 Å². The van der Waals surface area contributed by atoms with Crippen LogP contribution in [-0.4, -0.2) is 25.2 Å². The summed E-state index contributed by atoms with van der Waals surface area (Å²) < 4.78 is 9.89. The molecule has 0 aliphatic carbocycles. The Balaban J connectivity index is 0. The van der Waals surface area contributed by atoms with Crippen LogP contribution in [0.3, 0.4) is 0 Å². The van der Waals surface area contributed by atoms with Crippen molar-refractivity contribution in [2.24, 2.45) is 11.8 Å². The highest BCUT2D eigenvalue weighted by atomic mass is 16.5. The third-order valence-electron chi connectivity index (χ3n) is 5.09. The molecule has 0 fully saturated rings. The van der Waals surface area contributed by atoms with Gasteiger partial charge < -0.3 is 9.47 Å². The summed E-state index contributed by atoms with van der Waals surface area (Å²) in [5.74, 6) is 1.05. The second kappa shape index (κ2) is 24.1. The number of ether oxygens (including phenoxy) is 2. The van der Waals surface area contributed by atoms with Gasteiger partial charge in [-0.1, -0.05) is 111 Å². The highest BCUT2D eigenvalue weighted by Crippen LogP contribution is 2.12. The summed E-state index contributed by atoms with van der Waals surface area (Å²) in [5, 5.41) is 0. The highest BCUT2D eigenvalue weighted by molar-refractivity contribution is 5.86. The van der Waals surface area contributed by atoms with Gasteiger partial charge in [-0.3, -0.25) is 0 Å². The molecule has 0 saturated heterocycles. The summed E-state index contributed by atoms with van der Waals surface area (Å²) in [6.07, 6.45) is 17.4. The van der Waals surface area contributed by atoms with E-state index >= 15 is 0 Å². The van der Waals surface area contributed by atoms with Crippen molar-refractivity contribution in [3.8, 4) is 0 Å². The van der Waals surface area contributed by atoms with Gasteiger partial charge in [-0.25, -0.2) is 9.59 Å². The number of carbonyl (C=O) groups is 2. The van der Waals surface area contributed by atoms with Gasteiger partial charge in [-0.2, -0.15) is 0 Å². The molecule has 0 radical (unpaired) electrons. The Labute approximate surface area is 199 Å². The molecule has 0 aromatic rings. The fourth-order valence-corrected chi connectivity index (χ4v) is 3.07. The number of rotatable bonds is 19. The summed E-state index contributed by atoms with van der Waals surface area (Å²) in [4.78, 5) is 21.7. The van der Waals surface area contributed by atoms with Crippen LogP contribution in [0.4, 0.5) is 0 Å². The summed E-state index contributed by atoms with van der Waals surface area (Å²) in [5.41, 5.74) is 0.479. The van der Waals surface area contributed by atoms with Crippen LogP contribution in [0.25, 0.3) is 0 Å². The van der Waals surface area contributed by atoms with Gasteiger partial charge in [-0.15, -0.1) is 0 Å². The van der Waals surface area contributed by atoms with Crippen molar-refractivity contribution in [2.75, 3.05) is 13.2 Å². The lowest BCUT2D eigenvalue weighted by Crippen LogP contribution is -2.06. The van der Waals surface area contributed by atoms with Crippen LogP contribution < -0.4 is 0 Å². The van der Waals surface area contributed by atoms with E-state index in [0.717, 1.165) is 37.5 Å². The van der Waals surface area contributed by atoms with E-state index in [9.17, 15) is 9.59 Å². The Morgan fingerprint density at radius 3 is 1.47 bits per heavy atom. The predicted molar refractivity (Wildman–Crippen MR) is 137 cm³/mol. The summed E-state index contributed by atoms with van der Waals surface area (Å²) in [6, 6.07) is 0. The van der Waals surface area contributed by atoms with Crippen LogP contribution in [0.2, 0.25) is 0 Å². The molecule has 0 N–H and O–H groups in total. The molecule has 0 bridgehead atoms. The average Bonchev–Trinajstić information content (AvgIpc) is 2.73. The maximum absolute atomic E-state index is 11.0. The van der Waals surface area contributed by atoms with Gasteiger partial charge >= 0.3 is 11.9 Å². The first-order valence-corrected chi connectivity index (χ1v) is 12.8. The lowest BCUT2D eigenvalue weighted by atomic mass is 10.0. The average molecular weight is 453 g/mol. The smallest absolute Gasteiger partial charge is 0.333 e. The molecule has 0 saturated carbocycles. The highest BCUT2D eigenvalue weighted by Gasteiger charge is 2.02. The van der Waals surface area contributed by atoms with Gasteiger partial charge in [0.1, 0.15) is 0 Å². The number of carbonyl (C=O) groups excluding carboxylic acids is 2. The molecule has 32 heavy (non-hydrogen) atoms. The van der Waals surface area contributed by atoms with Crippen LogP contribution in [0.5, 0.6) is 0 Å². The zero-order valence-corrected chi connectivity index (χ0v) is 21.9. The van der Waals surface area contributed by atoms with Crippen molar-refractivity contribution in [2.45, 2.75) is 118 Å². The lowest BCUT2D eigenvalue weighted by molar-refractivity contribution is -0.139. The number of hydrogen-bond acceptors (Lipinski definition) is 4. The number of unbranched alkanes of at least 4 members (excludes halogenated alkanes) is 9. The second-order valence-corrected chi connectivity index (χ2v) is 9.54. The van der Waals surface area contributed by atoms with Crippen LogP contribution >= 0.6 is 0 Å².